The highest BCUT2D eigenvalue weighted by Gasteiger charge is 2.16. The van der Waals surface area contributed by atoms with Crippen LogP contribution in [0.25, 0.3) is 0 Å². The highest BCUT2D eigenvalue weighted by Crippen LogP contribution is 2.22. The van der Waals surface area contributed by atoms with E-state index < -0.39 is 0 Å². The first-order chi connectivity index (χ1) is 8.38. The van der Waals surface area contributed by atoms with E-state index in [2.05, 4.69) is 19.1 Å². The third kappa shape index (κ3) is 4.08. The largest absolute Gasteiger partial charge is 0.492 e. The molecule has 0 heterocycles. The van der Waals surface area contributed by atoms with Gasteiger partial charge >= 0.3 is 0 Å². The molecule has 1 atom stereocenters. The molecule has 2 aliphatic rings. The number of rotatable bonds is 7. The van der Waals surface area contributed by atoms with Crippen molar-refractivity contribution in [3.8, 4) is 0 Å². The lowest BCUT2D eigenvalue weighted by atomic mass is 10.3. The fourth-order valence-electron chi connectivity index (χ4n) is 2.11. The van der Waals surface area contributed by atoms with Crippen LogP contribution in [0.4, 0.5) is 0 Å². The minimum absolute atomic E-state index is 0.321. The summed E-state index contributed by atoms with van der Waals surface area (Å²) in [5, 5.41) is 0. The van der Waals surface area contributed by atoms with Gasteiger partial charge in [-0.1, -0.05) is 0 Å². The maximum Gasteiger partial charge on any atom is 0.233 e. The summed E-state index contributed by atoms with van der Waals surface area (Å²) < 4.78 is 16.9. The summed E-state index contributed by atoms with van der Waals surface area (Å²) in [6, 6.07) is 0. The van der Waals surface area contributed by atoms with Gasteiger partial charge in [0.15, 0.2) is 0 Å². The Bertz CT molecular complexity index is 294. The van der Waals surface area contributed by atoms with Crippen LogP contribution in [0.5, 0.6) is 0 Å². The Labute approximate surface area is 103 Å². The standard InChI is InChI=1S/C14H21O3/c1-2-15-14(17-13-9-5-6-10-13)11-16-12-7-3-4-8-12/h7,9,14H,1-6,8,10-11H2. The summed E-state index contributed by atoms with van der Waals surface area (Å²) in [5.41, 5.74) is 0. The van der Waals surface area contributed by atoms with Gasteiger partial charge in [-0.15, -0.1) is 0 Å². The van der Waals surface area contributed by atoms with Crippen LogP contribution in [0.3, 0.4) is 0 Å². The lowest BCUT2D eigenvalue weighted by Crippen LogP contribution is -2.23. The Balaban J connectivity index is 1.75. The normalized spacial score (nSPS) is 21.0. The highest BCUT2D eigenvalue weighted by atomic mass is 16.7. The molecule has 2 aliphatic carbocycles. The zero-order valence-corrected chi connectivity index (χ0v) is 10.3. The van der Waals surface area contributed by atoms with Gasteiger partial charge in [0.25, 0.3) is 0 Å². The van der Waals surface area contributed by atoms with Crippen molar-refractivity contribution in [2.24, 2.45) is 0 Å². The first kappa shape index (κ1) is 12.5. The fourth-order valence-corrected chi connectivity index (χ4v) is 2.11. The average Bonchev–Trinajstić information content (AvgIpc) is 2.99. The molecule has 0 aliphatic heterocycles. The molecule has 0 saturated heterocycles. The van der Waals surface area contributed by atoms with Crippen molar-refractivity contribution in [2.45, 2.75) is 44.8 Å². The Morgan fingerprint density at radius 3 is 2.41 bits per heavy atom. The van der Waals surface area contributed by atoms with Crippen molar-refractivity contribution >= 4 is 0 Å². The summed E-state index contributed by atoms with van der Waals surface area (Å²) >= 11 is 0. The monoisotopic (exact) mass is 237 g/mol. The van der Waals surface area contributed by atoms with E-state index in [1.165, 1.54) is 12.8 Å². The number of allylic oxidation sites excluding steroid dienone is 4. The van der Waals surface area contributed by atoms with Crippen LogP contribution in [-0.4, -0.2) is 19.5 Å². The molecule has 2 rings (SSSR count). The van der Waals surface area contributed by atoms with Crippen LogP contribution in [0.2, 0.25) is 0 Å². The molecule has 1 radical (unpaired) electrons. The predicted molar refractivity (Wildman–Crippen MR) is 66.0 cm³/mol. The molecule has 0 amide bonds. The first-order valence-electron chi connectivity index (χ1n) is 6.47. The Morgan fingerprint density at radius 1 is 1.12 bits per heavy atom. The summed E-state index contributed by atoms with van der Waals surface area (Å²) in [7, 11) is 0. The maximum atomic E-state index is 5.76. The van der Waals surface area contributed by atoms with Crippen molar-refractivity contribution in [2.75, 3.05) is 13.2 Å². The van der Waals surface area contributed by atoms with Crippen LogP contribution < -0.4 is 0 Å². The Hall–Kier alpha value is -0.960. The molecule has 0 spiro atoms. The van der Waals surface area contributed by atoms with Crippen molar-refractivity contribution in [1.29, 1.82) is 0 Å². The molecule has 0 aromatic rings. The molecule has 3 heteroatoms. The Morgan fingerprint density at radius 2 is 1.82 bits per heavy atom. The van der Waals surface area contributed by atoms with Gasteiger partial charge in [-0.25, -0.2) is 0 Å². The second-order valence-corrected chi connectivity index (χ2v) is 4.35. The number of hydrogen-bond acceptors (Lipinski definition) is 3. The molecule has 0 fully saturated rings. The highest BCUT2D eigenvalue weighted by molar-refractivity contribution is 5.01. The van der Waals surface area contributed by atoms with Gasteiger partial charge in [0.05, 0.1) is 18.1 Å². The van der Waals surface area contributed by atoms with Gasteiger partial charge in [0.1, 0.15) is 6.61 Å². The molecule has 95 valence electrons. The lowest BCUT2D eigenvalue weighted by molar-refractivity contribution is -0.137. The molecule has 0 aromatic carbocycles. The van der Waals surface area contributed by atoms with Gasteiger partial charge in [0, 0.05) is 12.8 Å². The van der Waals surface area contributed by atoms with Gasteiger partial charge < -0.3 is 14.2 Å². The number of ether oxygens (including phenoxy) is 3. The Kier molecular flexibility index (Phi) is 4.92. The minimum atomic E-state index is -0.321. The zero-order valence-electron chi connectivity index (χ0n) is 10.3. The SMILES string of the molecule is [CH2]COC(COC1=CCCC1)OC1=CCCC1. The van der Waals surface area contributed by atoms with Gasteiger partial charge in [-0.3, -0.25) is 0 Å². The van der Waals surface area contributed by atoms with Crippen molar-refractivity contribution < 1.29 is 14.2 Å². The summed E-state index contributed by atoms with van der Waals surface area (Å²) in [4.78, 5) is 0. The van der Waals surface area contributed by atoms with Gasteiger partial charge in [-0.05, 0) is 44.8 Å². The minimum Gasteiger partial charge on any atom is -0.492 e. The molecular weight excluding hydrogens is 216 g/mol. The molecule has 0 aromatic heterocycles. The first-order valence-corrected chi connectivity index (χ1v) is 6.47. The molecule has 0 N–H and O–H groups in total. The van der Waals surface area contributed by atoms with Crippen molar-refractivity contribution in [3.05, 3.63) is 30.6 Å². The van der Waals surface area contributed by atoms with Crippen molar-refractivity contribution in [3.63, 3.8) is 0 Å². The second-order valence-electron chi connectivity index (χ2n) is 4.35. The van der Waals surface area contributed by atoms with E-state index in [1.54, 1.807) is 0 Å². The van der Waals surface area contributed by atoms with Crippen LogP contribution >= 0.6 is 0 Å². The van der Waals surface area contributed by atoms with E-state index in [9.17, 15) is 0 Å². The summed E-state index contributed by atoms with van der Waals surface area (Å²) in [6.07, 6.45) is 10.6. The van der Waals surface area contributed by atoms with Gasteiger partial charge in [0.2, 0.25) is 6.29 Å². The lowest BCUT2D eigenvalue weighted by Gasteiger charge is -2.20. The molecule has 17 heavy (non-hydrogen) atoms. The quantitative estimate of drug-likeness (QED) is 0.636. The van der Waals surface area contributed by atoms with Crippen molar-refractivity contribution in [1.82, 2.24) is 0 Å². The van der Waals surface area contributed by atoms with E-state index in [0.29, 0.717) is 13.2 Å². The van der Waals surface area contributed by atoms with Crippen LogP contribution in [-0.2, 0) is 14.2 Å². The fraction of sp³-hybridized carbons (Fsp3) is 0.643. The van der Waals surface area contributed by atoms with E-state index in [4.69, 9.17) is 14.2 Å². The molecular formula is C14H21O3. The van der Waals surface area contributed by atoms with Crippen LogP contribution in [0.1, 0.15) is 38.5 Å². The van der Waals surface area contributed by atoms with E-state index in [1.807, 2.05) is 0 Å². The number of hydrogen-bond donors (Lipinski definition) is 0. The van der Waals surface area contributed by atoms with E-state index in [-0.39, 0.29) is 6.29 Å². The third-order valence-corrected chi connectivity index (χ3v) is 2.99. The second kappa shape index (κ2) is 6.70. The molecule has 0 saturated carbocycles. The zero-order chi connectivity index (χ0) is 11.9. The van der Waals surface area contributed by atoms with Crippen LogP contribution in [0, 0.1) is 6.92 Å². The predicted octanol–water partition coefficient (Wildman–Crippen LogP) is 3.33. The van der Waals surface area contributed by atoms with E-state index in [0.717, 1.165) is 37.2 Å². The summed E-state index contributed by atoms with van der Waals surface area (Å²) in [6.45, 7) is 4.55. The molecule has 0 bridgehead atoms. The molecule has 1 unspecified atom stereocenters. The average molecular weight is 237 g/mol. The third-order valence-electron chi connectivity index (χ3n) is 2.99. The molecule has 3 nitrogen and oxygen atoms in total. The summed E-state index contributed by atoms with van der Waals surface area (Å²) in [5.74, 6) is 2.11. The van der Waals surface area contributed by atoms with Gasteiger partial charge in [-0.2, -0.15) is 0 Å². The maximum absolute atomic E-state index is 5.76. The topological polar surface area (TPSA) is 27.7 Å². The van der Waals surface area contributed by atoms with E-state index >= 15 is 0 Å². The smallest absolute Gasteiger partial charge is 0.233 e. The van der Waals surface area contributed by atoms with Crippen LogP contribution in [0.15, 0.2) is 23.7 Å².